The van der Waals surface area contributed by atoms with Crippen LogP contribution in [0.3, 0.4) is 0 Å². The number of aromatic nitrogens is 2. The van der Waals surface area contributed by atoms with Crippen molar-refractivity contribution in [1.82, 2.24) is 15.3 Å². The minimum atomic E-state index is 0.606. The van der Waals surface area contributed by atoms with Crippen LogP contribution in [-0.4, -0.2) is 36.1 Å². The number of hydrogen-bond donors (Lipinski definition) is 1. The highest BCUT2D eigenvalue weighted by molar-refractivity contribution is 5.42. The second-order valence-electron chi connectivity index (χ2n) is 4.87. The Labute approximate surface area is 103 Å². The van der Waals surface area contributed by atoms with E-state index in [1.54, 1.807) is 12.4 Å². The molecule has 0 amide bonds. The fourth-order valence-electron chi connectivity index (χ4n) is 2.67. The number of aryl methyl sites for hydroxylation is 1. The van der Waals surface area contributed by atoms with Gasteiger partial charge in [0, 0.05) is 31.5 Å². The third-order valence-electron chi connectivity index (χ3n) is 3.84. The van der Waals surface area contributed by atoms with Gasteiger partial charge in [0.05, 0.1) is 5.69 Å². The van der Waals surface area contributed by atoms with Crippen molar-refractivity contribution in [1.29, 1.82) is 0 Å². The fourth-order valence-corrected chi connectivity index (χ4v) is 2.67. The first-order valence-electron chi connectivity index (χ1n) is 6.40. The molecule has 0 radical (unpaired) electrons. The molecule has 1 saturated carbocycles. The molecule has 4 heteroatoms. The minimum Gasteiger partial charge on any atom is -0.355 e. The first-order chi connectivity index (χ1) is 8.22. The number of hydrogen-bond acceptors (Lipinski definition) is 4. The Balaban J connectivity index is 2.02. The second-order valence-corrected chi connectivity index (χ2v) is 4.87. The van der Waals surface area contributed by atoms with Gasteiger partial charge < -0.3 is 10.2 Å². The molecule has 2 rings (SSSR count). The highest BCUT2D eigenvalue weighted by Crippen LogP contribution is 2.26. The van der Waals surface area contributed by atoms with Crippen LogP contribution in [0, 0.1) is 6.92 Å². The molecule has 0 aliphatic heterocycles. The Bertz CT molecular complexity index is 358. The standard InChI is InChI=1S/C13H22N4/c1-10-13(16-9-8-15-10)17(3)12-6-4-11(14-2)5-7-12/h8-9,11-12,14H,4-7H2,1-3H3. The lowest BCUT2D eigenvalue weighted by molar-refractivity contribution is 0.350. The topological polar surface area (TPSA) is 41.0 Å². The number of nitrogens with zero attached hydrogens (tertiary/aromatic N) is 3. The molecule has 0 atom stereocenters. The molecule has 1 aliphatic rings. The summed E-state index contributed by atoms with van der Waals surface area (Å²) in [7, 11) is 4.20. The summed E-state index contributed by atoms with van der Waals surface area (Å²) in [6, 6.07) is 1.30. The molecule has 0 aromatic carbocycles. The lowest BCUT2D eigenvalue weighted by atomic mass is 9.90. The van der Waals surface area contributed by atoms with E-state index in [2.05, 4.69) is 34.3 Å². The monoisotopic (exact) mass is 234 g/mol. The largest absolute Gasteiger partial charge is 0.355 e. The molecule has 1 N–H and O–H groups in total. The average Bonchev–Trinajstić information content (AvgIpc) is 2.39. The van der Waals surface area contributed by atoms with Gasteiger partial charge in [-0.1, -0.05) is 0 Å². The Kier molecular flexibility index (Phi) is 3.94. The van der Waals surface area contributed by atoms with E-state index < -0.39 is 0 Å². The molecule has 4 nitrogen and oxygen atoms in total. The maximum Gasteiger partial charge on any atom is 0.150 e. The smallest absolute Gasteiger partial charge is 0.150 e. The summed E-state index contributed by atoms with van der Waals surface area (Å²) in [5, 5.41) is 3.37. The zero-order chi connectivity index (χ0) is 12.3. The van der Waals surface area contributed by atoms with E-state index in [9.17, 15) is 0 Å². The molecular formula is C13H22N4. The summed E-state index contributed by atoms with van der Waals surface area (Å²) in [5.74, 6) is 1.03. The third kappa shape index (κ3) is 2.75. The molecule has 1 heterocycles. The first-order valence-corrected chi connectivity index (χ1v) is 6.40. The fraction of sp³-hybridized carbons (Fsp3) is 0.692. The SMILES string of the molecule is CNC1CCC(N(C)c2nccnc2C)CC1. The van der Waals surface area contributed by atoms with E-state index in [1.807, 2.05) is 6.92 Å². The molecule has 1 aliphatic carbocycles. The lowest BCUT2D eigenvalue weighted by Crippen LogP contribution is -2.40. The van der Waals surface area contributed by atoms with Crippen LogP contribution in [0.25, 0.3) is 0 Å². The van der Waals surface area contributed by atoms with Gasteiger partial charge in [0.25, 0.3) is 0 Å². The summed E-state index contributed by atoms with van der Waals surface area (Å²) in [6.07, 6.45) is 8.51. The van der Waals surface area contributed by atoms with Gasteiger partial charge >= 0.3 is 0 Å². The molecular weight excluding hydrogens is 212 g/mol. The van der Waals surface area contributed by atoms with Crippen LogP contribution in [0.4, 0.5) is 5.82 Å². The summed E-state index contributed by atoms with van der Waals surface area (Å²) in [6.45, 7) is 2.03. The Morgan fingerprint density at radius 3 is 2.41 bits per heavy atom. The highest BCUT2D eigenvalue weighted by Gasteiger charge is 2.24. The minimum absolute atomic E-state index is 0.606. The van der Waals surface area contributed by atoms with Gasteiger partial charge in [0.1, 0.15) is 5.82 Å². The van der Waals surface area contributed by atoms with Crippen LogP contribution in [0.15, 0.2) is 12.4 Å². The zero-order valence-corrected chi connectivity index (χ0v) is 11.0. The van der Waals surface area contributed by atoms with E-state index in [1.165, 1.54) is 25.7 Å². The van der Waals surface area contributed by atoms with Gasteiger partial charge in [-0.15, -0.1) is 0 Å². The summed E-state index contributed by atoms with van der Waals surface area (Å²) in [4.78, 5) is 11.0. The summed E-state index contributed by atoms with van der Waals surface area (Å²) >= 11 is 0. The molecule has 0 bridgehead atoms. The second kappa shape index (κ2) is 5.45. The Morgan fingerprint density at radius 1 is 1.18 bits per heavy atom. The third-order valence-corrected chi connectivity index (χ3v) is 3.84. The molecule has 94 valence electrons. The van der Waals surface area contributed by atoms with Crippen molar-refractivity contribution in [3.8, 4) is 0 Å². The molecule has 0 saturated heterocycles. The van der Waals surface area contributed by atoms with Crippen LogP contribution in [-0.2, 0) is 0 Å². The van der Waals surface area contributed by atoms with E-state index >= 15 is 0 Å². The average molecular weight is 234 g/mol. The van der Waals surface area contributed by atoms with Gasteiger partial charge in [-0.3, -0.25) is 4.98 Å². The normalized spacial score (nSPS) is 24.6. The van der Waals surface area contributed by atoms with E-state index in [4.69, 9.17) is 0 Å². The van der Waals surface area contributed by atoms with Gasteiger partial charge in [0.15, 0.2) is 0 Å². The predicted molar refractivity (Wildman–Crippen MR) is 70.3 cm³/mol. The van der Waals surface area contributed by atoms with Gasteiger partial charge in [-0.05, 0) is 39.7 Å². The van der Waals surface area contributed by atoms with Gasteiger partial charge in [-0.2, -0.15) is 0 Å². The maximum absolute atomic E-state index is 4.44. The summed E-state index contributed by atoms with van der Waals surface area (Å²) < 4.78 is 0. The first kappa shape index (κ1) is 12.3. The van der Waals surface area contributed by atoms with Crippen LogP contribution in [0.2, 0.25) is 0 Å². The number of anilines is 1. The van der Waals surface area contributed by atoms with Crippen molar-refractivity contribution in [2.24, 2.45) is 0 Å². The number of nitrogens with one attached hydrogen (secondary N) is 1. The Morgan fingerprint density at radius 2 is 1.82 bits per heavy atom. The molecule has 1 fully saturated rings. The number of rotatable bonds is 3. The zero-order valence-electron chi connectivity index (χ0n) is 11.0. The van der Waals surface area contributed by atoms with Crippen molar-refractivity contribution < 1.29 is 0 Å². The van der Waals surface area contributed by atoms with Gasteiger partial charge in [0.2, 0.25) is 0 Å². The van der Waals surface area contributed by atoms with E-state index in [0.717, 1.165) is 11.5 Å². The molecule has 1 aromatic heterocycles. The summed E-state index contributed by atoms with van der Waals surface area (Å²) in [5.41, 5.74) is 1.02. The predicted octanol–water partition coefficient (Wildman–Crippen LogP) is 1.75. The van der Waals surface area contributed by atoms with Crippen molar-refractivity contribution in [2.45, 2.75) is 44.7 Å². The maximum atomic E-state index is 4.44. The lowest BCUT2D eigenvalue weighted by Gasteiger charge is -2.35. The van der Waals surface area contributed by atoms with Crippen molar-refractivity contribution >= 4 is 5.82 Å². The Hall–Kier alpha value is -1.16. The van der Waals surface area contributed by atoms with Crippen LogP contribution in [0.1, 0.15) is 31.4 Å². The van der Waals surface area contributed by atoms with Crippen LogP contribution >= 0.6 is 0 Å². The van der Waals surface area contributed by atoms with E-state index in [0.29, 0.717) is 12.1 Å². The van der Waals surface area contributed by atoms with E-state index in [-0.39, 0.29) is 0 Å². The quantitative estimate of drug-likeness (QED) is 0.865. The molecule has 0 unspecified atom stereocenters. The van der Waals surface area contributed by atoms with Crippen molar-refractivity contribution in [2.75, 3.05) is 19.0 Å². The molecule has 17 heavy (non-hydrogen) atoms. The van der Waals surface area contributed by atoms with Crippen LogP contribution < -0.4 is 10.2 Å². The van der Waals surface area contributed by atoms with Crippen LogP contribution in [0.5, 0.6) is 0 Å². The molecule has 0 spiro atoms. The van der Waals surface area contributed by atoms with Crippen molar-refractivity contribution in [3.63, 3.8) is 0 Å². The van der Waals surface area contributed by atoms with Gasteiger partial charge in [-0.25, -0.2) is 4.98 Å². The highest BCUT2D eigenvalue weighted by atomic mass is 15.2. The molecule has 1 aromatic rings. The van der Waals surface area contributed by atoms with Crippen molar-refractivity contribution in [3.05, 3.63) is 18.1 Å².